The third-order valence-corrected chi connectivity index (χ3v) is 3.95. The number of pyridine rings is 1. The molecule has 0 fully saturated rings. The van der Waals surface area contributed by atoms with Crippen LogP contribution in [0.25, 0.3) is 0 Å². The van der Waals surface area contributed by atoms with Crippen LogP contribution in [0, 0.1) is 0 Å². The van der Waals surface area contributed by atoms with Crippen LogP contribution in [-0.2, 0) is 25.4 Å². The SMILES string of the molecule is CCCn1c2c(cc(CCl)c1=O)CN(CC)CC2. The first-order valence-electron chi connectivity index (χ1n) is 6.74. The third-order valence-electron chi connectivity index (χ3n) is 3.66. The smallest absolute Gasteiger partial charge is 0.255 e. The Kier molecular flexibility index (Phi) is 4.46. The van der Waals surface area contributed by atoms with Crippen molar-refractivity contribution >= 4 is 11.6 Å². The summed E-state index contributed by atoms with van der Waals surface area (Å²) in [7, 11) is 0. The Morgan fingerprint density at radius 1 is 1.39 bits per heavy atom. The van der Waals surface area contributed by atoms with E-state index in [1.54, 1.807) is 0 Å². The number of aromatic nitrogens is 1. The summed E-state index contributed by atoms with van der Waals surface area (Å²) in [6.07, 6.45) is 1.95. The quantitative estimate of drug-likeness (QED) is 0.784. The number of likely N-dealkylation sites (N-methyl/N-ethyl adjacent to an activating group) is 1. The van der Waals surface area contributed by atoms with Crippen molar-refractivity contribution in [1.29, 1.82) is 0 Å². The van der Waals surface area contributed by atoms with E-state index >= 15 is 0 Å². The van der Waals surface area contributed by atoms with Crippen molar-refractivity contribution in [3.63, 3.8) is 0 Å². The van der Waals surface area contributed by atoms with E-state index in [-0.39, 0.29) is 5.56 Å². The summed E-state index contributed by atoms with van der Waals surface area (Å²) in [5.41, 5.74) is 3.35. The van der Waals surface area contributed by atoms with Crippen molar-refractivity contribution in [2.24, 2.45) is 0 Å². The molecular formula is C14H21ClN2O. The number of hydrogen-bond acceptors (Lipinski definition) is 2. The minimum absolute atomic E-state index is 0.107. The van der Waals surface area contributed by atoms with Crippen LogP contribution in [0.4, 0.5) is 0 Å². The summed E-state index contributed by atoms with van der Waals surface area (Å²) >= 11 is 5.89. The maximum Gasteiger partial charge on any atom is 0.255 e. The fraction of sp³-hybridized carbons (Fsp3) is 0.643. The summed E-state index contributed by atoms with van der Waals surface area (Å²) in [5.74, 6) is 0.307. The van der Waals surface area contributed by atoms with Crippen LogP contribution in [0.5, 0.6) is 0 Å². The van der Waals surface area contributed by atoms with Gasteiger partial charge < -0.3 is 4.57 Å². The van der Waals surface area contributed by atoms with Gasteiger partial charge in [-0.05, 0) is 24.6 Å². The number of halogens is 1. The largest absolute Gasteiger partial charge is 0.312 e. The Balaban J connectivity index is 2.49. The summed E-state index contributed by atoms with van der Waals surface area (Å²) < 4.78 is 1.94. The van der Waals surface area contributed by atoms with Gasteiger partial charge in [0.1, 0.15) is 0 Å². The molecule has 3 nitrogen and oxygen atoms in total. The number of nitrogens with zero attached hydrogens (tertiary/aromatic N) is 2. The van der Waals surface area contributed by atoms with Crippen LogP contribution in [0.1, 0.15) is 37.1 Å². The van der Waals surface area contributed by atoms with Crippen molar-refractivity contribution < 1.29 is 0 Å². The number of hydrogen-bond donors (Lipinski definition) is 0. The van der Waals surface area contributed by atoms with Crippen molar-refractivity contribution in [3.8, 4) is 0 Å². The minimum atomic E-state index is 0.107. The molecule has 0 aromatic carbocycles. The second-order valence-electron chi connectivity index (χ2n) is 4.85. The number of alkyl halides is 1. The lowest BCUT2D eigenvalue weighted by Gasteiger charge is -2.30. The average molecular weight is 269 g/mol. The first-order chi connectivity index (χ1) is 8.71. The summed E-state index contributed by atoms with van der Waals surface area (Å²) in [4.78, 5) is 14.7. The Morgan fingerprint density at radius 2 is 2.17 bits per heavy atom. The molecule has 1 aromatic heterocycles. The topological polar surface area (TPSA) is 25.2 Å². The molecule has 1 aromatic rings. The van der Waals surface area contributed by atoms with Gasteiger partial charge in [-0.3, -0.25) is 9.69 Å². The summed E-state index contributed by atoms with van der Waals surface area (Å²) in [6, 6.07) is 2.01. The Morgan fingerprint density at radius 3 is 2.78 bits per heavy atom. The standard InChI is InChI=1S/C14H21ClN2O/c1-3-6-17-13-5-7-16(4-2)10-12(13)8-11(9-15)14(17)18/h8H,3-7,9-10H2,1-2H3. The van der Waals surface area contributed by atoms with Crippen LogP contribution in [-0.4, -0.2) is 22.6 Å². The molecule has 100 valence electrons. The van der Waals surface area contributed by atoms with E-state index in [1.165, 1.54) is 11.3 Å². The molecule has 18 heavy (non-hydrogen) atoms. The summed E-state index contributed by atoms with van der Waals surface area (Å²) in [5, 5.41) is 0. The van der Waals surface area contributed by atoms with Gasteiger partial charge in [0.15, 0.2) is 0 Å². The number of rotatable bonds is 4. The zero-order valence-corrected chi connectivity index (χ0v) is 12.0. The van der Waals surface area contributed by atoms with Crippen molar-refractivity contribution in [2.45, 2.75) is 45.7 Å². The second kappa shape index (κ2) is 5.89. The molecule has 0 saturated heterocycles. The zero-order valence-electron chi connectivity index (χ0n) is 11.2. The predicted octanol–water partition coefficient (Wildman–Crippen LogP) is 2.38. The lowest BCUT2D eigenvalue weighted by molar-refractivity contribution is 0.261. The Hall–Kier alpha value is -0.800. The van der Waals surface area contributed by atoms with Crippen molar-refractivity contribution in [2.75, 3.05) is 13.1 Å². The minimum Gasteiger partial charge on any atom is -0.312 e. The molecule has 1 aliphatic heterocycles. The molecule has 0 aliphatic carbocycles. The van der Waals surface area contributed by atoms with Gasteiger partial charge in [0.25, 0.3) is 5.56 Å². The highest BCUT2D eigenvalue weighted by Crippen LogP contribution is 2.19. The van der Waals surface area contributed by atoms with E-state index in [9.17, 15) is 4.79 Å². The van der Waals surface area contributed by atoms with E-state index in [0.717, 1.165) is 44.6 Å². The highest BCUT2D eigenvalue weighted by molar-refractivity contribution is 6.17. The van der Waals surface area contributed by atoms with Gasteiger partial charge in [0, 0.05) is 37.3 Å². The first-order valence-corrected chi connectivity index (χ1v) is 7.27. The monoisotopic (exact) mass is 268 g/mol. The van der Waals surface area contributed by atoms with Crippen LogP contribution >= 0.6 is 11.6 Å². The van der Waals surface area contributed by atoms with Gasteiger partial charge in [-0.15, -0.1) is 11.6 Å². The van der Waals surface area contributed by atoms with Crippen molar-refractivity contribution in [1.82, 2.24) is 9.47 Å². The van der Waals surface area contributed by atoms with Crippen LogP contribution in [0.15, 0.2) is 10.9 Å². The fourth-order valence-electron chi connectivity index (χ4n) is 2.67. The molecular weight excluding hydrogens is 248 g/mol. The highest BCUT2D eigenvalue weighted by atomic mass is 35.5. The molecule has 0 saturated carbocycles. The molecule has 0 atom stereocenters. The molecule has 0 spiro atoms. The Labute approximate surface area is 113 Å². The molecule has 0 bridgehead atoms. The summed E-state index contributed by atoms with van der Waals surface area (Å²) in [6.45, 7) is 8.13. The average Bonchev–Trinajstić information content (AvgIpc) is 2.41. The van der Waals surface area contributed by atoms with E-state index in [4.69, 9.17) is 11.6 Å². The van der Waals surface area contributed by atoms with Gasteiger partial charge >= 0.3 is 0 Å². The maximum absolute atomic E-state index is 12.3. The number of fused-ring (bicyclic) bond motifs is 1. The highest BCUT2D eigenvalue weighted by Gasteiger charge is 2.20. The second-order valence-corrected chi connectivity index (χ2v) is 5.12. The molecule has 2 heterocycles. The van der Waals surface area contributed by atoms with Gasteiger partial charge in [0.05, 0.1) is 5.88 Å². The molecule has 1 aliphatic rings. The van der Waals surface area contributed by atoms with E-state index in [0.29, 0.717) is 5.88 Å². The maximum atomic E-state index is 12.3. The van der Waals surface area contributed by atoms with E-state index in [2.05, 4.69) is 18.7 Å². The molecule has 0 N–H and O–H groups in total. The lowest BCUT2D eigenvalue weighted by atomic mass is 10.0. The van der Waals surface area contributed by atoms with Crippen molar-refractivity contribution in [3.05, 3.63) is 33.2 Å². The molecule has 4 heteroatoms. The molecule has 2 rings (SSSR count). The van der Waals surface area contributed by atoms with E-state index < -0.39 is 0 Å². The lowest BCUT2D eigenvalue weighted by Crippen LogP contribution is -2.36. The predicted molar refractivity (Wildman–Crippen MR) is 75.2 cm³/mol. The van der Waals surface area contributed by atoms with Gasteiger partial charge in [-0.25, -0.2) is 0 Å². The van der Waals surface area contributed by atoms with E-state index in [1.807, 2.05) is 10.6 Å². The van der Waals surface area contributed by atoms with Gasteiger partial charge in [-0.1, -0.05) is 13.8 Å². The van der Waals surface area contributed by atoms with Crippen LogP contribution in [0.2, 0.25) is 0 Å². The van der Waals surface area contributed by atoms with Gasteiger partial charge in [0.2, 0.25) is 0 Å². The first kappa shape index (κ1) is 13.6. The fourth-order valence-corrected chi connectivity index (χ4v) is 2.86. The molecule has 0 radical (unpaired) electrons. The molecule has 0 unspecified atom stereocenters. The molecule has 0 amide bonds. The third kappa shape index (κ3) is 2.47. The van der Waals surface area contributed by atoms with Crippen LogP contribution in [0.3, 0.4) is 0 Å². The Bertz CT molecular complexity index is 481. The van der Waals surface area contributed by atoms with Crippen LogP contribution < -0.4 is 5.56 Å². The normalized spacial score (nSPS) is 15.7. The zero-order chi connectivity index (χ0) is 13.1. The van der Waals surface area contributed by atoms with Gasteiger partial charge in [-0.2, -0.15) is 0 Å².